The predicted octanol–water partition coefficient (Wildman–Crippen LogP) is 2.91. The predicted molar refractivity (Wildman–Crippen MR) is 77.1 cm³/mol. The maximum Gasteiger partial charge on any atom is 0.262 e. The number of benzene rings is 1. The summed E-state index contributed by atoms with van der Waals surface area (Å²) in [6.45, 7) is 0.292. The van der Waals surface area contributed by atoms with E-state index >= 15 is 0 Å². The van der Waals surface area contributed by atoms with Crippen LogP contribution in [0.4, 0.5) is 10.1 Å². The maximum atomic E-state index is 12.9. The first kappa shape index (κ1) is 14.4. The van der Waals surface area contributed by atoms with Gasteiger partial charge in [0.25, 0.3) is 10.0 Å². The van der Waals surface area contributed by atoms with Crippen molar-refractivity contribution in [1.29, 1.82) is 0 Å². The van der Waals surface area contributed by atoms with E-state index in [0.717, 1.165) is 4.88 Å². The van der Waals surface area contributed by atoms with Crippen LogP contribution in [0.15, 0.2) is 39.0 Å². The molecule has 0 saturated heterocycles. The normalized spacial score (nSPS) is 11.5. The molecule has 0 radical (unpaired) electrons. The second-order valence-corrected chi connectivity index (χ2v) is 7.22. The lowest BCUT2D eigenvalue weighted by atomic mass is 10.3. The van der Waals surface area contributed by atoms with E-state index in [2.05, 4.69) is 20.7 Å². The third-order valence-electron chi connectivity index (χ3n) is 2.32. The van der Waals surface area contributed by atoms with Crippen molar-refractivity contribution in [1.82, 2.24) is 0 Å². The van der Waals surface area contributed by atoms with E-state index in [0.29, 0.717) is 11.0 Å². The molecule has 102 valence electrons. The number of anilines is 1. The van der Waals surface area contributed by atoms with E-state index in [1.165, 1.54) is 41.0 Å². The van der Waals surface area contributed by atoms with Crippen molar-refractivity contribution in [3.63, 3.8) is 0 Å². The second-order valence-electron chi connectivity index (χ2n) is 3.68. The first-order chi connectivity index (χ1) is 8.92. The Bertz CT molecular complexity index is 700. The number of hydrogen-bond acceptors (Lipinski definition) is 4. The average Bonchev–Trinajstić information content (AvgIpc) is 2.82. The number of halogens is 2. The van der Waals surface area contributed by atoms with Crippen LogP contribution in [-0.4, -0.2) is 8.42 Å². The van der Waals surface area contributed by atoms with E-state index < -0.39 is 15.8 Å². The fraction of sp³-hybridized carbons (Fsp3) is 0.0909. The summed E-state index contributed by atoms with van der Waals surface area (Å²) in [6.07, 6.45) is 0. The van der Waals surface area contributed by atoms with Gasteiger partial charge in [-0.25, -0.2) is 12.8 Å². The van der Waals surface area contributed by atoms with Crippen LogP contribution in [0.5, 0.6) is 0 Å². The molecule has 2 aromatic rings. The molecule has 0 spiro atoms. The highest BCUT2D eigenvalue weighted by Gasteiger charge is 2.17. The molecule has 0 aliphatic carbocycles. The van der Waals surface area contributed by atoms with Gasteiger partial charge in [0.2, 0.25) is 0 Å². The van der Waals surface area contributed by atoms with Gasteiger partial charge >= 0.3 is 0 Å². The third-order valence-corrected chi connectivity index (χ3v) is 5.43. The summed E-state index contributed by atoms with van der Waals surface area (Å²) in [4.78, 5) is 0.924. The van der Waals surface area contributed by atoms with Gasteiger partial charge in [-0.1, -0.05) is 0 Å². The molecule has 0 amide bonds. The molecule has 1 aromatic carbocycles. The van der Waals surface area contributed by atoms with Crippen LogP contribution in [0.3, 0.4) is 0 Å². The summed E-state index contributed by atoms with van der Waals surface area (Å²) in [7, 11) is -3.69. The van der Waals surface area contributed by atoms with Gasteiger partial charge in [0.15, 0.2) is 0 Å². The summed E-state index contributed by atoms with van der Waals surface area (Å²) in [5, 5.41) is 1.52. The summed E-state index contributed by atoms with van der Waals surface area (Å²) < 4.78 is 39.9. The van der Waals surface area contributed by atoms with Crippen molar-refractivity contribution in [2.75, 3.05) is 4.72 Å². The molecule has 0 atom stereocenters. The van der Waals surface area contributed by atoms with Crippen molar-refractivity contribution in [3.8, 4) is 0 Å². The molecule has 0 aliphatic heterocycles. The number of nitrogens with one attached hydrogen (secondary N) is 1. The van der Waals surface area contributed by atoms with Crippen LogP contribution in [0, 0.1) is 5.82 Å². The lowest BCUT2D eigenvalue weighted by Crippen LogP contribution is -2.12. The average molecular weight is 365 g/mol. The Balaban J connectivity index is 2.30. The summed E-state index contributed by atoms with van der Waals surface area (Å²) in [5.41, 5.74) is 5.73. The number of nitrogens with two attached hydrogens (primary N) is 1. The van der Waals surface area contributed by atoms with Gasteiger partial charge in [0, 0.05) is 21.3 Å². The minimum atomic E-state index is -3.69. The first-order valence-electron chi connectivity index (χ1n) is 5.18. The molecule has 1 heterocycles. The Morgan fingerprint density at radius 2 is 2.11 bits per heavy atom. The van der Waals surface area contributed by atoms with Crippen LogP contribution in [0.2, 0.25) is 0 Å². The van der Waals surface area contributed by atoms with Gasteiger partial charge in [0.05, 0.1) is 10.6 Å². The van der Waals surface area contributed by atoms with E-state index in [9.17, 15) is 12.8 Å². The minimum absolute atomic E-state index is 0.147. The van der Waals surface area contributed by atoms with E-state index in [1.807, 2.05) is 0 Å². The Labute approximate surface area is 122 Å². The van der Waals surface area contributed by atoms with Gasteiger partial charge in [-0.2, -0.15) is 0 Å². The van der Waals surface area contributed by atoms with Gasteiger partial charge in [-0.05, 0) is 40.2 Å². The monoisotopic (exact) mass is 364 g/mol. The maximum absolute atomic E-state index is 12.9. The zero-order valence-electron chi connectivity index (χ0n) is 9.56. The standard InChI is InChI=1S/C11H10BrFN2O2S2/c12-10-3-7(13)1-2-11(10)15-19(16,17)9-4-8(5-14)18-6-9/h1-4,6,15H,5,14H2. The molecule has 2 rings (SSSR count). The van der Waals surface area contributed by atoms with E-state index in [-0.39, 0.29) is 10.6 Å². The molecule has 0 fully saturated rings. The molecule has 3 N–H and O–H groups in total. The van der Waals surface area contributed by atoms with Crippen LogP contribution in [0.1, 0.15) is 4.88 Å². The number of hydrogen-bond donors (Lipinski definition) is 2. The van der Waals surface area contributed by atoms with E-state index in [4.69, 9.17) is 5.73 Å². The topological polar surface area (TPSA) is 72.2 Å². The third kappa shape index (κ3) is 3.33. The van der Waals surface area contributed by atoms with Crippen molar-refractivity contribution in [2.24, 2.45) is 5.73 Å². The summed E-state index contributed by atoms with van der Waals surface area (Å²) >= 11 is 4.38. The molecule has 0 saturated carbocycles. The lowest BCUT2D eigenvalue weighted by Gasteiger charge is -2.08. The van der Waals surface area contributed by atoms with Gasteiger partial charge < -0.3 is 5.73 Å². The molecular formula is C11H10BrFN2O2S2. The highest BCUT2D eigenvalue weighted by molar-refractivity contribution is 9.10. The highest BCUT2D eigenvalue weighted by Crippen LogP contribution is 2.27. The second kappa shape index (κ2) is 5.58. The molecule has 19 heavy (non-hydrogen) atoms. The minimum Gasteiger partial charge on any atom is -0.326 e. The molecule has 8 heteroatoms. The molecule has 0 bridgehead atoms. The highest BCUT2D eigenvalue weighted by atomic mass is 79.9. The Hall–Kier alpha value is -0.960. The Morgan fingerprint density at radius 1 is 1.37 bits per heavy atom. The van der Waals surface area contributed by atoms with Crippen LogP contribution in [0.25, 0.3) is 0 Å². The molecule has 4 nitrogen and oxygen atoms in total. The fourth-order valence-corrected chi connectivity index (χ4v) is 4.20. The molecule has 0 unspecified atom stereocenters. The van der Waals surface area contributed by atoms with Crippen molar-refractivity contribution in [2.45, 2.75) is 11.4 Å². The van der Waals surface area contributed by atoms with E-state index in [1.54, 1.807) is 0 Å². The summed E-state index contributed by atoms with van der Waals surface area (Å²) in [5.74, 6) is -0.448. The Morgan fingerprint density at radius 3 is 2.68 bits per heavy atom. The van der Waals surface area contributed by atoms with Crippen molar-refractivity contribution >= 4 is 43.0 Å². The fourth-order valence-electron chi connectivity index (χ4n) is 1.38. The number of thiophene rings is 1. The quantitative estimate of drug-likeness (QED) is 0.875. The lowest BCUT2D eigenvalue weighted by molar-refractivity contribution is 0.601. The van der Waals surface area contributed by atoms with Crippen LogP contribution >= 0.6 is 27.3 Å². The van der Waals surface area contributed by atoms with Crippen molar-refractivity contribution < 1.29 is 12.8 Å². The smallest absolute Gasteiger partial charge is 0.262 e. The van der Waals surface area contributed by atoms with Crippen LogP contribution in [-0.2, 0) is 16.6 Å². The zero-order chi connectivity index (χ0) is 14.0. The summed E-state index contributed by atoms with van der Waals surface area (Å²) in [6, 6.07) is 5.25. The zero-order valence-corrected chi connectivity index (χ0v) is 12.8. The van der Waals surface area contributed by atoms with Gasteiger partial charge in [0.1, 0.15) is 5.82 Å². The number of sulfonamides is 1. The number of rotatable bonds is 4. The molecule has 1 aromatic heterocycles. The SMILES string of the molecule is NCc1cc(S(=O)(=O)Nc2ccc(F)cc2Br)cs1. The van der Waals surface area contributed by atoms with Gasteiger partial charge in [-0.3, -0.25) is 4.72 Å². The van der Waals surface area contributed by atoms with Crippen molar-refractivity contribution in [3.05, 3.63) is 44.8 Å². The van der Waals surface area contributed by atoms with Crippen LogP contribution < -0.4 is 10.5 Å². The molecular weight excluding hydrogens is 355 g/mol. The molecule has 0 aliphatic rings. The first-order valence-corrected chi connectivity index (χ1v) is 8.33. The van der Waals surface area contributed by atoms with Gasteiger partial charge in [-0.15, -0.1) is 11.3 Å². The largest absolute Gasteiger partial charge is 0.326 e. The Kier molecular flexibility index (Phi) is 4.24.